The van der Waals surface area contributed by atoms with Gasteiger partial charge in [0.05, 0.1) is 0 Å². The fourth-order valence-corrected chi connectivity index (χ4v) is 1.86. The molecule has 21 heavy (non-hydrogen) atoms. The lowest BCUT2D eigenvalue weighted by atomic mass is 10.2. The van der Waals surface area contributed by atoms with Gasteiger partial charge in [-0.25, -0.2) is 15.8 Å². The van der Waals surface area contributed by atoms with Gasteiger partial charge < -0.3 is 15.1 Å². The van der Waals surface area contributed by atoms with Gasteiger partial charge >= 0.3 is 0 Å². The van der Waals surface area contributed by atoms with E-state index in [9.17, 15) is 0 Å². The predicted molar refractivity (Wildman–Crippen MR) is 81.5 cm³/mol. The van der Waals surface area contributed by atoms with Gasteiger partial charge in [-0.05, 0) is 18.6 Å². The number of nitrogen functional groups attached to an aromatic ring is 1. The minimum Gasteiger partial charge on any atom is -0.374 e. The van der Waals surface area contributed by atoms with Gasteiger partial charge in [-0.15, -0.1) is 0 Å². The largest absolute Gasteiger partial charge is 0.374 e. The number of pyridine rings is 1. The van der Waals surface area contributed by atoms with Crippen LogP contribution in [0.1, 0.15) is 18.3 Å². The maximum atomic E-state index is 5.46. The maximum absolute atomic E-state index is 5.46. The summed E-state index contributed by atoms with van der Waals surface area (Å²) in [5, 5.41) is 0. The van der Waals surface area contributed by atoms with Crippen LogP contribution in [0.2, 0.25) is 0 Å². The Labute approximate surface area is 124 Å². The number of ether oxygens (including phenoxy) is 1. The molecule has 0 unspecified atom stereocenters. The molecule has 2 aromatic heterocycles. The summed E-state index contributed by atoms with van der Waals surface area (Å²) in [4.78, 5) is 14.9. The van der Waals surface area contributed by atoms with Crippen LogP contribution in [0.15, 0.2) is 30.6 Å². The second kappa shape index (κ2) is 7.51. The van der Waals surface area contributed by atoms with Crippen LogP contribution in [0.5, 0.6) is 0 Å². The van der Waals surface area contributed by atoms with Crippen molar-refractivity contribution in [2.75, 3.05) is 24.0 Å². The Hall–Kier alpha value is -2.25. The second-order valence-corrected chi connectivity index (χ2v) is 4.53. The molecular weight excluding hydrogens is 268 g/mol. The predicted octanol–water partition coefficient (Wildman–Crippen LogP) is 1.33. The van der Waals surface area contributed by atoms with Gasteiger partial charge in [0.15, 0.2) is 5.82 Å². The molecule has 3 N–H and O–H groups in total. The lowest BCUT2D eigenvalue weighted by molar-refractivity contribution is 0.128. The molecular formula is C14H20N6O. The lowest BCUT2D eigenvalue weighted by Crippen LogP contribution is -2.20. The van der Waals surface area contributed by atoms with E-state index in [0.717, 1.165) is 11.4 Å². The van der Waals surface area contributed by atoms with Crippen LogP contribution in [0.25, 0.3) is 0 Å². The molecule has 0 fully saturated rings. The molecule has 0 atom stereocenters. The number of anilines is 2. The molecule has 0 bridgehead atoms. The van der Waals surface area contributed by atoms with E-state index in [0.29, 0.717) is 31.4 Å². The summed E-state index contributed by atoms with van der Waals surface area (Å²) < 4.78 is 5.35. The minimum atomic E-state index is 0.361. The van der Waals surface area contributed by atoms with Crippen LogP contribution in [-0.2, 0) is 17.9 Å². The van der Waals surface area contributed by atoms with Gasteiger partial charge in [-0.1, -0.05) is 6.07 Å². The summed E-state index contributed by atoms with van der Waals surface area (Å²) in [6.07, 6.45) is 3.59. The number of aromatic nitrogens is 3. The van der Waals surface area contributed by atoms with Crippen LogP contribution in [0, 0.1) is 0 Å². The molecule has 2 heterocycles. The fourth-order valence-electron chi connectivity index (χ4n) is 1.86. The van der Waals surface area contributed by atoms with E-state index in [-0.39, 0.29) is 0 Å². The Bertz CT molecular complexity index is 563. The van der Waals surface area contributed by atoms with Crippen LogP contribution in [0.3, 0.4) is 0 Å². The van der Waals surface area contributed by atoms with Crippen LogP contribution < -0.4 is 16.2 Å². The summed E-state index contributed by atoms with van der Waals surface area (Å²) in [7, 11) is 1.96. The molecule has 7 heteroatoms. The van der Waals surface area contributed by atoms with Crippen molar-refractivity contribution in [1.29, 1.82) is 0 Å². The van der Waals surface area contributed by atoms with Crippen molar-refractivity contribution >= 4 is 11.6 Å². The average molecular weight is 288 g/mol. The zero-order valence-corrected chi connectivity index (χ0v) is 12.3. The highest BCUT2D eigenvalue weighted by Crippen LogP contribution is 2.16. The summed E-state index contributed by atoms with van der Waals surface area (Å²) >= 11 is 0. The maximum Gasteiger partial charge on any atom is 0.158 e. The zero-order valence-electron chi connectivity index (χ0n) is 12.3. The Morgan fingerprint density at radius 1 is 1.38 bits per heavy atom. The van der Waals surface area contributed by atoms with E-state index in [4.69, 9.17) is 10.6 Å². The van der Waals surface area contributed by atoms with Crippen molar-refractivity contribution in [3.8, 4) is 0 Å². The smallest absolute Gasteiger partial charge is 0.158 e. The second-order valence-electron chi connectivity index (χ2n) is 4.53. The standard InChI is InChI=1S/C14H20N6O/c1-3-21-10-13-17-12(19-15)7-14(18-13)20(2)9-11-5-4-6-16-8-11/h4-8H,3,9-10,15H2,1-2H3,(H,17,18,19). The van der Waals surface area contributed by atoms with Crippen LogP contribution in [-0.4, -0.2) is 28.6 Å². The first-order valence-electron chi connectivity index (χ1n) is 6.75. The average Bonchev–Trinajstić information content (AvgIpc) is 2.53. The Morgan fingerprint density at radius 2 is 2.24 bits per heavy atom. The molecule has 0 aliphatic heterocycles. The Kier molecular flexibility index (Phi) is 5.42. The molecule has 0 aromatic carbocycles. The van der Waals surface area contributed by atoms with E-state index in [1.807, 2.05) is 37.2 Å². The molecule has 112 valence electrons. The van der Waals surface area contributed by atoms with Crippen molar-refractivity contribution < 1.29 is 4.74 Å². The van der Waals surface area contributed by atoms with Crippen molar-refractivity contribution in [1.82, 2.24) is 15.0 Å². The zero-order chi connectivity index (χ0) is 15.1. The number of hydrogen-bond acceptors (Lipinski definition) is 7. The molecule has 0 saturated carbocycles. The van der Waals surface area contributed by atoms with E-state index in [1.165, 1.54) is 0 Å². The SMILES string of the molecule is CCOCc1nc(NN)cc(N(C)Cc2cccnc2)n1. The van der Waals surface area contributed by atoms with E-state index in [1.54, 1.807) is 12.3 Å². The summed E-state index contributed by atoms with van der Waals surface area (Å²) in [6, 6.07) is 5.73. The molecule has 0 amide bonds. The number of hydrazine groups is 1. The number of nitrogens with zero attached hydrogens (tertiary/aromatic N) is 4. The first-order chi connectivity index (χ1) is 10.2. The van der Waals surface area contributed by atoms with Crippen molar-refractivity contribution in [3.05, 3.63) is 42.0 Å². The monoisotopic (exact) mass is 288 g/mol. The fraction of sp³-hybridized carbons (Fsp3) is 0.357. The summed E-state index contributed by atoms with van der Waals surface area (Å²) in [6.45, 7) is 3.60. The highest BCUT2D eigenvalue weighted by molar-refractivity contribution is 5.48. The van der Waals surface area contributed by atoms with Crippen LogP contribution >= 0.6 is 0 Å². The van der Waals surface area contributed by atoms with Gasteiger partial charge in [0.1, 0.15) is 18.2 Å². The third-order valence-corrected chi connectivity index (χ3v) is 2.88. The normalized spacial score (nSPS) is 10.4. The van der Waals surface area contributed by atoms with Gasteiger partial charge in [-0.3, -0.25) is 4.98 Å². The molecule has 7 nitrogen and oxygen atoms in total. The first kappa shape index (κ1) is 15.1. The van der Waals surface area contributed by atoms with E-state index >= 15 is 0 Å². The molecule has 0 spiro atoms. The molecule has 2 rings (SSSR count). The third kappa shape index (κ3) is 4.37. The van der Waals surface area contributed by atoms with Gasteiger partial charge in [0.25, 0.3) is 0 Å². The summed E-state index contributed by atoms with van der Waals surface area (Å²) in [5.74, 6) is 7.39. The Balaban J connectivity index is 2.16. The Morgan fingerprint density at radius 3 is 2.90 bits per heavy atom. The number of nitrogens with one attached hydrogen (secondary N) is 1. The highest BCUT2D eigenvalue weighted by atomic mass is 16.5. The lowest BCUT2D eigenvalue weighted by Gasteiger charge is -2.19. The van der Waals surface area contributed by atoms with Gasteiger partial charge in [-0.2, -0.15) is 0 Å². The third-order valence-electron chi connectivity index (χ3n) is 2.88. The summed E-state index contributed by atoms with van der Waals surface area (Å²) in [5.41, 5.74) is 3.66. The molecule has 0 radical (unpaired) electrons. The van der Waals surface area contributed by atoms with Crippen LogP contribution in [0.4, 0.5) is 11.6 Å². The van der Waals surface area contributed by atoms with E-state index in [2.05, 4.69) is 20.4 Å². The quantitative estimate of drug-likeness (QED) is 0.587. The van der Waals surface area contributed by atoms with Crippen molar-refractivity contribution in [2.24, 2.45) is 5.84 Å². The topological polar surface area (TPSA) is 89.2 Å². The minimum absolute atomic E-state index is 0.361. The molecule has 0 aliphatic rings. The van der Waals surface area contributed by atoms with Gasteiger partial charge in [0, 0.05) is 38.7 Å². The van der Waals surface area contributed by atoms with Gasteiger partial charge in [0.2, 0.25) is 0 Å². The van der Waals surface area contributed by atoms with Crippen molar-refractivity contribution in [3.63, 3.8) is 0 Å². The number of rotatable bonds is 7. The highest BCUT2D eigenvalue weighted by Gasteiger charge is 2.09. The first-order valence-corrected chi connectivity index (χ1v) is 6.75. The number of hydrogen-bond donors (Lipinski definition) is 2. The molecule has 0 aliphatic carbocycles. The van der Waals surface area contributed by atoms with E-state index < -0.39 is 0 Å². The molecule has 0 saturated heterocycles. The number of nitrogens with two attached hydrogens (primary N) is 1. The molecule has 2 aromatic rings. The van der Waals surface area contributed by atoms with Crippen molar-refractivity contribution in [2.45, 2.75) is 20.1 Å².